The number of fused-ring (bicyclic) bond motifs is 1. The first-order valence-corrected chi connectivity index (χ1v) is 8.58. The van der Waals surface area contributed by atoms with E-state index in [9.17, 15) is 14.4 Å². The van der Waals surface area contributed by atoms with E-state index >= 15 is 0 Å². The Bertz CT molecular complexity index is 931. The Morgan fingerprint density at radius 3 is 2.54 bits per heavy atom. The number of nitrogens with zero attached hydrogens (tertiary/aromatic N) is 1. The van der Waals surface area contributed by atoms with Crippen molar-refractivity contribution < 1.29 is 14.3 Å². The van der Waals surface area contributed by atoms with Gasteiger partial charge < -0.3 is 24.8 Å². The summed E-state index contributed by atoms with van der Waals surface area (Å²) in [7, 11) is 0. The van der Waals surface area contributed by atoms with Crippen molar-refractivity contribution in [3.8, 4) is 0 Å². The first-order valence-electron chi connectivity index (χ1n) is 8.58. The maximum Gasteiger partial charge on any atom is 0.314 e. The molecule has 0 spiro atoms. The average molecular weight is 360 g/mol. The number of benzene rings is 1. The number of ether oxygens (including phenoxy) is 2. The summed E-state index contributed by atoms with van der Waals surface area (Å²) in [4.78, 5) is 42.7. The van der Waals surface area contributed by atoms with Gasteiger partial charge in [0.25, 0.3) is 5.91 Å². The molecule has 0 bridgehead atoms. The second-order valence-corrected chi connectivity index (χ2v) is 6.50. The van der Waals surface area contributed by atoms with Crippen molar-refractivity contribution >= 4 is 16.9 Å². The van der Waals surface area contributed by atoms with Gasteiger partial charge in [-0.2, -0.15) is 0 Å². The maximum atomic E-state index is 12.7. The van der Waals surface area contributed by atoms with E-state index in [2.05, 4.69) is 20.2 Å². The summed E-state index contributed by atoms with van der Waals surface area (Å²) >= 11 is 0. The van der Waals surface area contributed by atoms with Gasteiger partial charge in [0.15, 0.2) is 0 Å². The first kappa shape index (κ1) is 17.0. The molecule has 2 aromatic rings. The fourth-order valence-electron chi connectivity index (χ4n) is 3.46. The number of H-pyrrole nitrogens is 2. The molecule has 26 heavy (non-hydrogen) atoms. The topological polar surface area (TPSA) is 117 Å². The zero-order valence-corrected chi connectivity index (χ0v) is 14.1. The highest BCUT2D eigenvalue weighted by Crippen LogP contribution is 2.16. The average Bonchev–Trinajstić information content (AvgIpc) is 3.11. The summed E-state index contributed by atoms with van der Waals surface area (Å²) in [5.74, 6) is -0.243. The van der Waals surface area contributed by atoms with E-state index in [-0.39, 0.29) is 18.0 Å². The van der Waals surface area contributed by atoms with Crippen LogP contribution in [0.2, 0.25) is 0 Å². The summed E-state index contributed by atoms with van der Waals surface area (Å²) in [5.41, 5.74) is -0.165. The lowest BCUT2D eigenvalue weighted by Crippen LogP contribution is -2.54. The summed E-state index contributed by atoms with van der Waals surface area (Å²) in [6.45, 7) is 4.07. The monoisotopic (exact) mass is 360 g/mol. The first-order chi connectivity index (χ1) is 12.6. The molecule has 0 aliphatic carbocycles. The number of amides is 1. The molecular formula is C17H20N4O5. The van der Waals surface area contributed by atoms with Crippen LogP contribution in [-0.2, 0) is 9.47 Å². The minimum atomic E-state index is -0.744. The molecule has 0 saturated carbocycles. The lowest BCUT2D eigenvalue weighted by atomic mass is 10.1. The van der Waals surface area contributed by atoms with Gasteiger partial charge in [-0.05, 0) is 18.2 Å². The van der Waals surface area contributed by atoms with Crippen LogP contribution >= 0.6 is 0 Å². The van der Waals surface area contributed by atoms with E-state index in [0.717, 1.165) is 13.1 Å². The molecule has 2 aliphatic heterocycles. The van der Waals surface area contributed by atoms with E-state index in [1.165, 1.54) is 0 Å². The summed E-state index contributed by atoms with van der Waals surface area (Å²) in [5, 5.41) is 3.02. The SMILES string of the molecule is O=C(N[C@H]1COC[C@@H]1N1CCOCC1)c1ccc2[nH]c(=O)c(=O)[nH]c2c1. The minimum Gasteiger partial charge on any atom is -0.379 e. The molecular weight excluding hydrogens is 340 g/mol. The summed E-state index contributed by atoms with van der Waals surface area (Å²) in [6.07, 6.45) is 0. The molecule has 0 radical (unpaired) electrons. The number of carbonyl (C=O) groups excluding carboxylic acids is 1. The molecule has 138 valence electrons. The fourth-order valence-corrected chi connectivity index (χ4v) is 3.46. The van der Waals surface area contributed by atoms with Gasteiger partial charge in [-0.3, -0.25) is 19.3 Å². The molecule has 1 aromatic carbocycles. The number of hydrogen-bond donors (Lipinski definition) is 3. The third kappa shape index (κ3) is 3.28. The van der Waals surface area contributed by atoms with Crippen molar-refractivity contribution in [1.29, 1.82) is 0 Å². The number of rotatable bonds is 3. The predicted octanol–water partition coefficient (Wildman–Crippen LogP) is -0.954. The third-order valence-electron chi connectivity index (χ3n) is 4.87. The Kier molecular flexibility index (Phi) is 4.58. The quantitative estimate of drug-likeness (QED) is 0.608. The van der Waals surface area contributed by atoms with Crippen LogP contribution in [0.3, 0.4) is 0 Å². The fraction of sp³-hybridized carbons (Fsp3) is 0.471. The van der Waals surface area contributed by atoms with Crippen molar-refractivity contribution in [3.05, 3.63) is 44.5 Å². The summed E-state index contributed by atoms with van der Waals surface area (Å²) < 4.78 is 11.0. The van der Waals surface area contributed by atoms with Crippen LogP contribution in [0.15, 0.2) is 27.8 Å². The number of morpholine rings is 1. The zero-order chi connectivity index (χ0) is 18.1. The van der Waals surface area contributed by atoms with Crippen molar-refractivity contribution in [3.63, 3.8) is 0 Å². The Labute approximate surface area is 148 Å². The standard InChI is InChI=1S/C17H20N4O5/c22-15(10-1-2-11-12(7-10)19-17(24)16(23)18-11)20-13-8-26-9-14(13)21-3-5-25-6-4-21/h1-2,7,13-14H,3-6,8-9H2,(H,18,23)(H,19,24)(H,20,22)/t13-,14-/m0/s1. The Hall–Kier alpha value is -2.49. The van der Waals surface area contributed by atoms with Gasteiger partial charge in [-0.15, -0.1) is 0 Å². The van der Waals surface area contributed by atoms with Crippen molar-refractivity contribution in [2.45, 2.75) is 12.1 Å². The Morgan fingerprint density at radius 1 is 1.04 bits per heavy atom. The smallest absolute Gasteiger partial charge is 0.314 e. The lowest BCUT2D eigenvalue weighted by Gasteiger charge is -2.34. The minimum absolute atomic E-state index is 0.106. The van der Waals surface area contributed by atoms with Crippen LogP contribution < -0.4 is 16.4 Å². The van der Waals surface area contributed by atoms with Gasteiger partial charge in [-0.25, -0.2) is 0 Å². The molecule has 3 heterocycles. The molecule has 3 N–H and O–H groups in total. The van der Waals surface area contributed by atoms with Crippen LogP contribution in [0.25, 0.3) is 11.0 Å². The van der Waals surface area contributed by atoms with Gasteiger partial charge in [0.05, 0.1) is 49.5 Å². The van der Waals surface area contributed by atoms with Gasteiger partial charge in [0.2, 0.25) is 0 Å². The normalized spacial score (nSPS) is 24.0. The number of hydrogen-bond acceptors (Lipinski definition) is 6. The molecule has 9 nitrogen and oxygen atoms in total. The Morgan fingerprint density at radius 2 is 1.77 bits per heavy atom. The van der Waals surface area contributed by atoms with E-state index in [4.69, 9.17) is 9.47 Å². The molecule has 2 saturated heterocycles. The number of carbonyl (C=O) groups is 1. The molecule has 0 unspecified atom stereocenters. The number of aromatic amines is 2. The van der Waals surface area contributed by atoms with Crippen LogP contribution in [0.1, 0.15) is 10.4 Å². The molecule has 4 rings (SSSR count). The molecule has 9 heteroatoms. The highest BCUT2D eigenvalue weighted by atomic mass is 16.5. The molecule has 1 amide bonds. The van der Waals surface area contributed by atoms with Crippen LogP contribution in [0, 0.1) is 0 Å². The third-order valence-corrected chi connectivity index (χ3v) is 4.87. The largest absolute Gasteiger partial charge is 0.379 e. The highest BCUT2D eigenvalue weighted by Gasteiger charge is 2.35. The van der Waals surface area contributed by atoms with Crippen molar-refractivity contribution in [2.24, 2.45) is 0 Å². The highest BCUT2D eigenvalue weighted by molar-refractivity contribution is 5.97. The molecule has 1 aromatic heterocycles. The van der Waals surface area contributed by atoms with Crippen LogP contribution in [0.4, 0.5) is 0 Å². The zero-order valence-electron chi connectivity index (χ0n) is 14.1. The van der Waals surface area contributed by atoms with Gasteiger partial charge in [-0.1, -0.05) is 0 Å². The van der Waals surface area contributed by atoms with E-state index in [0.29, 0.717) is 43.0 Å². The predicted molar refractivity (Wildman–Crippen MR) is 93.4 cm³/mol. The number of nitrogens with one attached hydrogen (secondary N) is 3. The van der Waals surface area contributed by atoms with E-state index < -0.39 is 11.1 Å². The number of aromatic nitrogens is 2. The Balaban J connectivity index is 1.52. The van der Waals surface area contributed by atoms with E-state index in [1.54, 1.807) is 18.2 Å². The van der Waals surface area contributed by atoms with Crippen LogP contribution in [0.5, 0.6) is 0 Å². The second-order valence-electron chi connectivity index (χ2n) is 6.50. The second kappa shape index (κ2) is 7.02. The van der Waals surface area contributed by atoms with Crippen LogP contribution in [-0.4, -0.2) is 72.4 Å². The van der Waals surface area contributed by atoms with Gasteiger partial charge in [0, 0.05) is 18.7 Å². The van der Waals surface area contributed by atoms with Crippen molar-refractivity contribution in [2.75, 3.05) is 39.5 Å². The maximum absolute atomic E-state index is 12.7. The molecule has 2 fully saturated rings. The molecule has 2 aliphatic rings. The van der Waals surface area contributed by atoms with Crippen molar-refractivity contribution in [1.82, 2.24) is 20.2 Å². The summed E-state index contributed by atoms with van der Waals surface area (Å²) in [6, 6.07) is 4.80. The lowest BCUT2D eigenvalue weighted by molar-refractivity contribution is 0.0108. The van der Waals surface area contributed by atoms with Gasteiger partial charge in [0.1, 0.15) is 0 Å². The van der Waals surface area contributed by atoms with E-state index in [1.807, 2.05) is 0 Å². The van der Waals surface area contributed by atoms with Gasteiger partial charge >= 0.3 is 11.1 Å². The molecule has 2 atom stereocenters.